The number of hydrogen-bond acceptors (Lipinski definition) is 7. The van der Waals surface area contributed by atoms with Gasteiger partial charge in [0.2, 0.25) is 0 Å². The quantitative estimate of drug-likeness (QED) is 0.508. The number of nitrogens with one attached hydrogen (secondary N) is 1. The van der Waals surface area contributed by atoms with E-state index in [2.05, 4.69) is 15.0 Å². The van der Waals surface area contributed by atoms with Crippen molar-refractivity contribution in [1.29, 1.82) is 0 Å². The standard InChI is InChI=1S/C20H17N3O5S/c1-13-10-19(28-22-13)15-6-7-18(26-2)20(12-15)29(24,25)23-16-5-3-4-14(11-16)17-8-9-21-27-17/h3-12,23H,1-2H3. The van der Waals surface area contributed by atoms with Crippen molar-refractivity contribution in [3.8, 4) is 28.4 Å². The lowest BCUT2D eigenvalue weighted by Gasteiger charge is -2.13. The average Bonchev–Trinajstić information content (AvgIpc) is 3.39. The van der Waals surface area contributed by atoms with Crippen LogP contribution in [0.15, 0.2) is 74.7 Å². The monoisotopic (exact) mass is 411 g/mol. The summed E-state index contributed by atoms with van der Waals surface area (Å²) < 4.78 is 44.4. The van der Waals surface area contributed by atoms with Crippen LogP contribution in [0.2, 0.25) is 0 Å². The zero-order valence-electron chi connectivity index (χ0n) is 15.6. The van der Waals surface area contributed by atoms with Crippen LogP contribution in [0.25, 0.3) is 22.6 Å². The van der Waals surface area contributed by atoms with E-state index in [1.807, 2.05) is 0 Å². The summed E-state index contributed by atoms with van der Waals surface area (Å²) in [4.78, 5) is -0.0170. The maximum absolute atomic E-state index is 13.1. The Morgan fingerprint density at radius 2 is 1.79 bits per heavy atom. The first-order valence-electron chi connectivity index (χ1n) is 8.62. The summed E-state index contributed by atoms with van der Waals surface area (Å²) in [5, 5.41) is 7.51. The molecule has 0 saturated carbocycles. The largest absolute Gasteiger partial charge is 0.495 e. The van der Waals surface area contributed by atoms with Gasteiger partial charge in [0.1, 0.15) is 10.6 Å². The van der Waals surface area contributed by atoms with Crippen molar-refractivity contribution in [1.82, 2.24) is 10.3 Å². The van der Waals surface area contributed by atoms with Crippen molar-refractivity contribution < 1.29 is 22.2 Å². The molecule has 0 spiro atoms. The van der Waals surface area contributed by atoms with Gasteiger partial charge in [0.05, 0.1) is 19.0 Å². The van der Waals surface area contributed by atoms with Crippen molar-refractivity contribution in [2.45, 2.75) is 11.8 Å². The lowest BCUT2D eigenvalue weighted by Crippen LogP contribution is -2.14. The number of rotatable bonds is 6. The molecule has 2 aromatic heterocycles. The maximum atomic E-state index is 13.1. The van der Waals surface area contributed by atoms with Gasteiger partial charge in [-0.2, -0.15) is 0 Å². The van der Waals surface area contributed by atoms with E-state index < -0.39 is 10.0 Å². The minimum Gasteiger partial charge on any atom is -0.495 e. The molecule has 0 amide bonds. The van der Waals surface area contributed by atoms with E-state index in [0.29, 0.717) is 34.0 Å². The highest BCUT2D eigenvalue weighted by molar-refractivity contribution is 7.92. The Hall–Kier alpha value is -3.59. The molecule has 0 unspecified atom stereocenters. The summed E-state index contributed by atoms with van der Waals surface area (Å²) in [6, 6.07) is 15.0. The number of methoxy groups -OCH3 is 1. The van der Waals surface area contributed by atoms with E-state index in [-0.39, 0.29) is 10.6 Å². The zero-order chi connectivity index (χ0) is 20.4. The molecular formula is C20H17N3O5S. The number of benzene rings is 2. The van der Waals surface area contributed by atoms with Crippen LogP contribution in [0, 0.1) is 6.92 Å². The molecule has 4 aromatic rings. The SMILES string of the molecule is COc1ccc(-c2cc(C)no2)cc1S(=O)(=O)Nc1cccc(-c2ccno2)c1. The topological polar surface area (TPSA) is 107 Å². The number of hydrogen-bond donors (Lipinski definition) is 1. The van der Waals surface area contributed by atoms with E-state index >= 15 is 0 Å². The molecule has 0 aliphatic rings. The fourth-order valence-corrected chi connectivity index (χ4v) is 4.10. The number of sulfonamides is 1. The van der Waals surface area contributed by atoms with Gasteiger partial charge in [-0.1, -0.05) is 22.4 Å². The summed E-state index contributed by atoms with van der Waals surface area (Å²) in [6.07, 6.45) is 1.52. The summed E-state index contributed by atoms with van der Waals surface area (Å²) in [5.74, 6) is 1.21. The highest BCUT2D eigenvalue weighted by Crippen LogP contribution is 2.32. The van der Waals surface area contributed by atoms with Gasteiger partial charge >= 0.3 is 0 Å². The van der Waals surface area contributed by atoms with Crippen molar-refractivity contribution in [2.75, 3.05) is 11.8 Å². The van der Waals surface area contributed by atoms with Crippen LogP contribution >= 0.6 is 0 Å². The van der Waals surface area contributed by atoms with Gasteiger partial charge in [-0.05, 0) is 37.3 Å². The molecule has 0 atom stereocenters. The van der Waals surface area contributed by atoms with Gasteiger partial charge in [0.25, 0.3) is 10.0 Å². The average molecular weight is 411 g/mol. The van der Waals surface area contributed by atoms with Crippen molar-refractivity contribution in [3.05, 3.63) is 66.5 Å². The Balaban J connectivity index is 1.71. The van der Waals surface area contributed by atoms with Gasteiger partial charge < -0.3 is 13.8 Å². The molecule has 0 aliphatic carbocycles. The molecule has 0 saturated heterocycles. The summed E-state index contributed by atoms with van der Waals surface area (Å²) in [7, 11) is -2.53. The third-order valence-electron chi connectivity index (χ3n) is 4.20. The Labute approximate surface area is 167 Å². The predicted molar refractivity (Wildman–Crippen MR) is 106 cm³/mol. The number of anilines is 1. The van der Waals surface area contributed by atoms with E-state index in [0.717, 1.165) is 0 Å². The molecule has 0 bridgehead atoms. The maximum Gasteiger partial charge on any atom is 0.265 e. The molecule has 0 radical (unpaired) electrons. The van der Waals surface area contributed by atoms with Gasteiger partial charge in [-0.3, -0.25) is 4.72 Å². The van der Waals surface area contributed by atoms with Crippen molar-refractivity contribution in [3.63, 3.8) is 0 Å². The van der Waals surface area contributed by atoms with Gasteiger partial charge in [0.15, 0.2) is 11.5 Å². The van der Waals surface area contributed by atoms with Crippen LogP contribution in [0.1, 0.15) is 5.69 Å². The predicted octanol–water partition coefficient (Wildman–Crippen LogP) is 4.11. The lowest BCUT2D eigenvalue weighted by molar-refractivity contribution is 0.402. The summed E-state index contributed by atoms with van der Waals surface area (Å²) in [5.41, 5.74) is 2.34. The first kappa shape index (κ1) is 18.8. The third-order valence-corrected chi connectivity index (χ3v) is 5.61. The highest BCUT2D eigenvalue weighted by Gasteiger charge is 2.22. The first-order chi connectivity index (χ1) is 14.0. The highest BCUT2D eigenvalue weighted by atomic mass is 32.2. The van der Waals surface area contributed by atoms with Crippen LogP contribution in [0.4, 0.5) is 5.69 Å². The summed E-state index contributed by atoms with van der Waals surface area (Å²) >= 11 is 0. The molecular weight excluding hydrogens is 394 g/mol. The van der Waals surface area contributed by atoms with Crippen molar-refractivity contribution >= 4 is 15.7 Å². The molecule has 2 aromatic carbocycles. The molecule has 0 fully saturated rings. The third kappa shape index (κ3) is 3.85. The fraction of sp³-hybridized carbons (Fsp3) is 0.100. The second kappa shape index (κ2) is 7.44. The van der Waals surface area contributed by atoms with Crippen LogP contribution < -0.4 is 9.46 Å². The molecule has 148 valence electrons. The second-order valence-corrected chi connectivity index (χ2v) is 7.91. The van der Waals surface area contributed by atoms with E-state index in [1.54, 1.807) is 55.5 Å². The lowest BCUT2D eigenvalue weighted by atomic mass is 10.1. The van der Waals surface area contributed by atoms with Crippen LogP contribution in [-0.4, -0.2) is 25.8 Å². The Kier molecular flexibility index (Phi) is 4.81. The molecule has 8 nitrogen and oxygen atoms in total. The van der Waals surface area contributed by atoms with Crippen LogP contribution in [0.5, 0.6) is 5.75 Å². The molecule has 2 heterocycles. The van der Waals surface area contributed by atoms with Gasteiger partial charge in [-0.25, -0.2) is 8.42 Å². The smallest absolute Gasteiger partial charge is 0.265 e. The number of nitrogens with zero attached hydrogens (tertiary/aromatic N) is 2. The molecule has 29 heavy (non-hydrogen) atoms. The van der Waals surface area contributed by atoms with Crippen LogP contribution in [-0.2, 0) is 10.0 Å². The molecule has 4 rings (SSSR count). The molecule has 9 heteroatoms. The molecule has 0 aliphatic heterocycles. The van der Waals surface area contributed by atoms with E-state index in [9.17, 15) is 8.42 Å². The normalized spacial score (nSPS) is 11.4. The van der Waals surface area contributed by atoms with E-state index in [1.165, 1.54) is 19.4 Å². The number of aromatic nitrogens is 2. The second-order valence-electron chi connectivity index (χ2n) is 6.26. The minimum absolute atomic E-state index is 0.0170. The Morgan fingerprint density at radius 3 is 2.48 bits per heavy atom. The summed E-state index contributed by atoms with van der Waals surface area (Å²) in [6.45, 7) is 1.79. The Morgan fingerprint density at radius 1 is 0.966 bits per heavy atom. The molecule has 1 N–H and O–H groups in total. The number of aryl methyl sites for hydroxylation is 1. The minimum atomic E-state index is -3.95. The Bertz CT molecular complexity index is 1250. The number of ether oxygens (including phenoxy) is 1. The van der Waals surface area contributed by atoms with Gasteiger partial charge in [-0.15, -0.1) is 0 Å². The zero-order valence-corrected chi connectivity index (χ0v) is 16.4. The first-order valence-corrected chi connectivity index (χ1v) is 10.1. The van der Waals surface area contributed by atoms with Crippen LogP contribution in [0.3, 0.4) is 0 Å². The van der Waals surface area contributed by atoms with E-state index in [4.69, 9.17) is 13.8 Å². The van der Waals surface area contributed by atoms with Gasteiger partial charge in [0, 0.05) is 28.9 Å². The van der Waals surface area contributed by atoms with Crippen molar-refractivity contribution in [2.24, 2.45) is 0 Å². The fourth-order valence-electron chi connectivity index (χ4n) is 2.85.